The first-order valence-electron chi connectivity index (χ1n) is 11.8. The summed E-state index contributed by atoms with van der Waals surface area (Å²) in [6.07, 6.45) is 1.50. The lowest BCUT2D eigenvalue weighted by molar-refractivity contribution is -0.164. The van der Waals surface area contributed by atoms with E-state index in [1.165, 1.54) is 0 Å². The van der Waals surface area contributed by atoms with E-state index in [0.717, 1.165) is 19.3 Å². The van der Waals surface area contributed by atoms with E-state index in [2.05, 4.69) is 26.1 Å². The number of alkyl carbamates (subject to hydrolysis) is 1. The molecule has 1 aliphatic rings. The summed E-state index contributed by atoms with van der Waals surface area (Å²) in [5.41, 5.74) is 0.0486. The zero-order chi connectivity index (χ0) is 24.6. The minimum atomic E-state index is -0.762. The molecule has 4 atom stereocenters. The lowest BCUT2D eigenvalue weighted by Gasteiger charge is -2.36. The van der Waals surface area contributed by atoms with Crippen LogP contribution in [-0.2, 0) is 23.8 Å². The van der Waals surface area contributed by atoms with Gasteiger partial charge >= 0.3 is 18.0 Å². The number of nitrogens with one attached hydrogen (secondary N) is 1. The molecule has 0 spiro atoms. The average Bonchev–Trinajstić information content (AvgIpc) is 2.74. The monoisotopic (exact) mass is 461 g/mol. The van der Waals surface area contributed by atoms with Crippen molar-refractivity contribution in [2.75, 3.05) is 13.2 Å². The van der Waals surface area contributed by atoms with Gasteiger partial charge in [0.1, 0.15) is 18.8 Å². The Morgan fingerprint density at radius 2 is 1.76 bits per heavy atom. The summed E-state index contributed by atoms with van der Waals surface area (Å²) in [6.45, 7) is 11.3. The van der Waals surface area contributed by atoms with Crippen LogP contribution < -0.4 is 5.32 Å². The maximum absolute atomic E-state index is 13.0. The Bertz CT molecular complexity index is 786. The van der Waals surface area contributed by atoms with Gasteiger partial charge in [-0.15, -0.1) is 0 Å². The normalized spacial score (nSPS) is 21.7. The van der Waals surface area contributed by atoms with Crippen molar-refractivity contribution in [1.29, 1.82) is 0 Å². The van der Waals surface area contributed by atoms with Crippen molar-refractivity contribution >= 4 is 18.0 Å². The highest BCUT2D eigenvalue weighted by molar-refractivity contribution is 5.78. The number of hydrogen-bond acceptors (Lipinski definition) is 6. The summed E-state index contributed by atoms with van der Waals surface area (Å²) in [5, 5.41) is 2.39. The molecule has 33 heavy (non-hydrogen) atoms. The molecule has 1 aliphatic carbocycles. The third kappa shape index (κ3) is 9.06. The van der Waals surface area contributed by atoms with Crippen molar-refractivity contribution in [3.8, 4) is 0 Å². The molecule has 2 rings (SSSR count). The van der Waals surface area contributed by atoms with E-state index in [9.17, 15) is 14.4 Å². The lowest BCUT2D eigenvalue weighted by atomic mass is 9.70. The third-order valence-electron chi connectivity index (χ3n) is 5.92. The summed E-state index contributed by atoms with van der Waals surface area (Å²) in [6, 6.07) is 9.14. The number of hydrogen-bond donors (Lipinski definition) is 1. The van der Waals surface area contributed by atoms with E-state index >= 15 is 0 Å². The molecule has 1 unspecified atom stereocenters. The zero-order valence-corrected chi connectivity index (χ0v) is 20.8. The quantitative estimate of drug-likeness (QED) is 0.430. The molecule has 0 heterocycles. The van der Waals surface area contributed by atoms with Crippen LogP contribution in [0.4, 0.5) is 4.79 Å². The van der Waals surface area contributed by atoms with E-state index < -0.39 is 23.8 Å². The Morgan fingerprint density at radius 3 is 2.36 bits per heavy atom. The summed E-state index contributed by atoms with van der Waals surface area (Å²) in [5.74, 6) is 0.163. The SMILES string of the molecule is CC(C)[C@@H]1CC[C@@H](C)CC1C(=O)OC[C@@H](OC(=O)CNC(=O)OC(C)(C)C)c1ccccc1. The van der Waals surface area contributed by atoms with E-state index in [1.807, 2.05) is 30.3 Å². The molecule has 0 bridgehead atoms. The molecular weight excluding hydrogens is 422 g/mol. The molecule has 1 aromatic carbocycles. The first-order chi connectivity index (χ1) is 15.5. The minimum Gasteiger partial charge on any atom is -0.461 e. The molecule has 7 heteroatoms. The molecule has 0 aromatic heterocycles. The van der Waals surface area contributed by atoms with Crippen LogP contribution in [0.25, 0.3) is 0 Å². The maximum atomic E-state index is 13.0. The van der Waals surface area contributed by atoms with Crippen molar-refractivity contribution in [1.82, 2.24) is 5.32 Å². The van der Waals surface area contributed by atoms with Crippen LogP contribution in [0, 0.1) is 23.7 Å². The Balaban J connectivity index is 1.99. The highest BCUT2D eigenvalue weighted by Crippen LogP contribution is 2.38. The van der Waals surface area contributed by atoms with Crippen LogP contribution in [0.15, 0.2) is 30.3 Å². The molecule has 0 radical (unpaired) electrons. The predicted octanol–water partition coefficient (Wildman–Crippen LogP) is 5.05. The second-order valence-electron chi connectivity index (χ2n) is 10.3. The standard InChI is InChI=1S/C26H39NO6/c1-17(2)20-13-12-18(3)14-21(20)24(29)31-16-22(19-10-8-7-9-11-19)32-23(28)15-27-25(30)33-26(4,5)6/h7-11,17-18,20-22H,12-16H2,1-6H3,(H,27,30)/t18-,20+,21?,22-/m1/s1. The third-order valence-corrected chi connectivity index (χ3v) is 5.92. The molecule has 1 N–H and O–H groups in total. The van der Waals surface area contributed by atoms with Crippen molar-refractivity contribution in [2.24, 2.45) is 23.7 Å². The summed E-state index contributed by atoms with van der Waals surface area (Å²) in [4.78, 5) is 37.2. The van der Waals surface area contributed by atoms with Crippen LogP contribution in [0.1, 0.15) is 72.5 Å². The van der Waals surface area contributed by atoms with Gasteiger partial charge in [-0.1, -0.05) is 57.5 Å². The molecule has 1 amide bonds. The largest absolute Gasteiger partial charge is 0.461 e. The summed E-state index contributed by atoms with van der Waals surface area (Å²) >= 11 is 0. The summed E-state index contributed by atoms with van der Waals surface area (Å²) in [7, 11) is 0. The van der Waals surface area contributed by atoms with Gasteiger partial charge in [-0.25, -0.2) is 4.79 Å². The molecule has 7 nitrogen and oxygen atoms in total. The zero-order valence-electron chi connectivity index (χ0n) is 20.8. The van der Waals surface area contributed by atoms with Gasteiger partial charge in [-0.2, -0.15) is 0 Å². The Morgan fingerprint density at radius 1 is 1.09 bits per heavy atom. The maximum Gasteiger partial charge on any atom is 0.408 e. The Labute approximate surface area is 197 Å². The fourth-order valence-corrected chi connectivity index (χ4v) is 4.26. The van der Waals surface area contributed by atoms with E-state index in [-0.39, 0.29) is 25.0 Å². The van der Waals surface area contributed by atoms with E-state index in [1.54, 1.807) is 20.8 Å². The van der Waals surface area contributed by atoms with Crippen molar-refractivity contribution in [2.45, 2.75) is 72.5 Å². The topological polar surface area (TPSA) is 90.9 Å². The predicted molar refractivity (Wildman–Crippen MR) is 125 cm³/mol. The fourth-order valence-electron chi connectivity index (χ4n) is 4.26. The number of ether oxygens (including phenoxy) is 3. The van der Waals surface area contributed by atoms with Crippen LogP contribution in [0.3, 0.4) is 0 Å². The number of rotatable bonds is 8. The van der Waals surface area contributed by atoms with Gasteiger partial charge in [-0.05, 0) is 56.9 Å². The lowest BCUT2D eigenvalue weighted by Crippen LogP contribution is -2.37. The van der Waals surface area contributed by atoms with Crippen LogP contribution >= 0.6 is 0 Å². The molecular formula is C26H39NO6. The van der Waals surface area contributed by atoms with Crippen molar-refractivity contribution in [3.63, 3.8) is 0 Å². The van der Waals surface area contributed by atoms with Crippen LogP contribution in [0.5, 0.6) is 0 Å². The average molecular weight is 462 g/mol. The highest BCUT2D eigenvalue weighted by Gasteiger charge is 2.37. The molecule has 1 saturated carbocycles. The van der Waals surface area contributed by atoms with Gasteiger partial charge in [0.15, 0.2) is 6.10 Å². The highest BCUT2D eigenvalue weighted by atomic mass is 16.6. The number of carbonyl (C=O) groups is 3. The fraction of sp³-hybridized carbons (Fsp3) is 0.654. The molecule has 0 saturated heterocycles. The van der Waals surface area contributed by atoms with Crippen molar-refractivity contribution in [3.05, 3.63) is 35.9 Å². The molecule has 1 fully saturated rings. The summed E-state index contributed by atoms with van der Waals surface area (Å²) < 4.78 is 16.4. The van der Waals surface area contributed by atoms with E-state index in [0.29, 0.717) is 23.3 Å². The molecule has 1 aromatic rings. The van der Waals surface area contributed by atoms with Gasteiger partial charge in [0, 0.05) is 0 Å². The minimum absolute atomic E-state index is 0.0727. The molecule has 0 aliphatic heterocycles. The van der Waals surface area contributed by atoms with Gasteiger partial charge in [-0.3, -0.25) is 9.59 Å². The second kappa shape index (κ2) is 12.1. The Kier molecular flexibility index (Phi) is 9.74. The first kappa shape index (κ1) is 26.7. The van der Waals surface area contributed by atoms with Gasteiger partial charge in [0.25, 0.3) is 0 Å². The van der Waals surface area contributed by atoms with Crippen LogP contribution in [0.2, 0.25) is 0 Å². The van der Waals surface area contributed by atoms with Crippen molar-refractivity contribution < 1.29 is 28.6 Å². The number of esters is 2. The van der Waals surface area contributed by atoms with Gasteiger partial charge in [0.05, 0.1) is 5.92 Å². The number of benzene rings is 1. The first-order valence-corrected chi connectivity index (χ1v) is 11.8. The smallest absolute Gasteiger partial charge is 0.408 e. The Hall–Kier alpha value is -2.57. The number of carbonyl (C=O) groups excluding carboxylic acids is 3. The van der Waals surface area contributed by atoms with E-state index in [4.69, 9.17) is 14.2 Å². The van der Waals surface area contributed by atoms with Gasteiger partial charge in [0.2, 0.25) is 0 Å². The molecule has 184 valence electrons. The van der Waals surface area contributed by atoms with Crippen LogP contribution in [-0.4, -0.2) is 36.8 Å². The van der Waals surface area contributed by atoms with Gasteiger partial charge < -0.3 is 19.5 Å². The second-order valence-corrected chi connectivity index (χ2v) is 10.3. The number of amides is 1.